The van der Waals surface area contributed by atoms with Gasteiger partial charge in [0.25, 0.3) is 6.43 Å². The van der Waals surface area contributed by atoms with Gasteiger partial charge in [0.1, 0.15) is 6.61 Å². The van der Waals surface area contributed by atoms with Crippen molar-refractivity contribution in [2.45, 2.75) is 19.8 Å². The van der Waals surface area contributed by atoms with Crippen LogP contribution in [0.1, 0.15) is 21.7 Å². The molecule has 2 nitrogen and oxygen atoms in total. The lowest BCUT2D eigenvalue weighted by atomic mass is 10.1. The van der Waals surface area contributed by atoms with Gasteiger partial charge in [0.2, 0.25) is 0 Å². The molecule has 1 aromatic heterocycles. The fourth-order valence-corrected chi connectivity index (χ4v) is 2.90. The van der Waals surface area contributed by atoms with Gasteiger partial charge < -0.3 is 4.74 Å². The summed E-state index contributed by atoms with van der Waals surface area (Å²) < 4.78 is 29.0. The van der Waals surface area contributed by atoms with E-state index < -0.39 is 13.0 Å². The molecule has 0 saturated carbocycles. The number of hydrogen-bond donors (Lipinski definition) is 0. The highest BCUT2D eigenvalue weighted by atomic mass is 79.9. The number of hydrogen-bond acceptors (Lipinski definition) is 3. The van der Waals surface area contributed by atoms with Crippen LogP contribution >= 0.6 is 27.3 Å². The van der Waals surface area contributed by atoms with Crippen LogP contribution in [0.25, 0.3) is 0 Å². The molecule has 0 aliphatic rings. The second-order valence-electron chi connectivity index (χ2n) is 3.16. The molecule has 90 valence electrons. The van der Waals surface area contributed by atoms with Crippen LogP contribution in [-0.2, 0) is 4.74 Å². The lowest BCUT2D eigenvalue weighted by molar-refractivity contribution is 0.0170. The second kappa shape index (κ2) is 6.42. The van der Waals surface area contributed by atoms with E-state index in [-0.39, 0.29) is 18.8 Å². The maximum Gasteiger partial charge on any atom is 0.261 e. The summed E-state index contributed by atoms with van der Waals surface area (Å²) in [6.07, 6.45) is -2.34. The number of ether oxygens (including phenoxy) is 1. The van der Waals surface area contributed by atoms with Crippen molar-refractivity contribution in [2.75, 3.05) is 13.2 Å². The zero-order valence-corrected chi connectivity index (χ0v) is 11.0. The second-order valence-corrected chi connectivity index (χ2v) is 5.80. The Hall–Kier alpha value is -0.330. The van der Waals surface area contributed by atoms with E-state index in [1.54, 1.807) is 6.07 Å². The number of alkyl halides is 2. The van der Waals surface area contributed by atoms with Gasteiger partial charge in [-0.05, 0) is 28.9 Å². The van der Waals surface area contributed by atoms with Gasteiger partial charge in [-0.1, -0.05) is 0 Å². The molecule has 0 bridgehead atoms. The summed E-state index contributed by atoms with van der Waals surface area (Å²) in [5, 5.41) is 0. The summed E-state index contributed by atoms with van der Waals surface area (Å²) in [5.74, 6) is -0.0753. The third kappa shape index (κ3) is 4.27. The number of carbonyl (C=O) groups excluding carboxylic acids is 1. The Balaban J connectivity index is 2.38. The maximum absolute atomic E-state index is 11.7. The average molecular weight is 313 g/mol. The van der Waals surface area contributed by atoms with Gasteiger partial charge >= 0.3 is 0 Å². The molecule has 0 aromatic carbocycles. The number of Topliss-reactive ketones (excluding diaryl/α,β-unsaturated/α-hetero) is 1. The van der Waals surface area contributed by atoms with E-state index in [2.05, 4.69) is 20.7 Å². The molecule has 0 fully saturated rings. The minimum absolute atomic E-state index is 0.0378. The fourth-order valence-electron chi connectivity index (χ4n) is 1.19. The lowest BCUT2D eigenvalue weighted by Crippen LogP contribution is -2.09. The maximum atomic E-state index is 11.7. The molecule has 1 rings (SSSR count). The third-order valence-corrected chi connectivity index (χ3v) is 3.46. The van der Waals surface area contributed by atoms with Crippen molar-refractivity contribution in [3.05, 3.63) is 20.3 Å². The highest BCUT2D eigenvalue weighted by molar-refractivity contribution is 9.11. The molecule has 0 radical (unpaired) electrons. The van der Waals surface area contributed by atoms with Crippen molar-refractivity contribution in [3.63, 3.8) is 0 Å². The molecular weight excluding hydrogens is 302 g/mol. The van der Waals surface area contributed by atoms with Crippen molar-refractivity contribution in [2.24, 2.45) is 0 Å². The van der Waals surface area contributed by atoms with Crippen molar-refractivity contribution in [1.82, 2.24) is 0 Å². The van der Waals surface area contributed by atoms with E-state index in [0.29, 0.717) is 5.56 Å². The number of rotatable bonds is 6. The largest absolute Gasteiger partial charge is 0.375 e. The summed E-state index contributed by atoms with van der Waals surface area (Å²) >= 11 is 4.76. The molecule has 0 saturated heterocycles. The van der Waals surface area contributed by atoms with Crippen molar-refractivity contribution < 1.29 is 18.3 Å². The molecule has 0 aliphatic heterocycles. The first-order valence-electron chi connectivity index (χ1n) is 4.65. The first-order chi connectivity index (χ1) is 7.50. The van der Waals surface area contributed by atoms with Crippen LogP contribution < -0.4 is 0 Å². The Labute approximate surface area is 105 Å². The Morgan fingerprint density at radius 2 is 2.31 bits per heavy atom. The molecule has 0 spiro atoms. The SMILES string of the molecule is Cc1sc(Br)cc1C(=O)CCOCC(F)F. The van der Waals surface area contributed by atoms with Crippen molar-refractivity contribution in [3.8, 4) is 0 Å². The van der Waals surface area contributed by atoms with Crippen LogP contribution in [0.15, 0.2) is 9.85 Å². The summed E-state index contributed by atoms with van der Waals surface area (Å²) in [5.41, 5.74) is 0.637. The third-order valence-electron chi connectivity index (χ3n) is 1.91. The van der Waals surface area contributed by atoms with Gasteiger partial charge in [-0.15, -0.1) is 11.3 Å². The number of halogens is 3. The van der Waals surface area contributed by atoms with Gasteiger partial charge in [0, 0.05) is 16.9 Å². The Bertz CT molecular complexity index is 366. The zero-order valence-electron chi connectivity index (χ0n) is 8.63. The molecule has 0 aliphatic carbocycles. The zero-order chi connectivity index (χ0) is 12.1. The van der Waals surface area contributed by atoms with E-state index >= 15 is 0 Å². The number of thiophene rings is 1. The highest BCUT2D eigenvalue weighted by Gasteiger charge is 2.12. The van der Waals surface area contributed by atoms with E-state index in [0.717, 1.165) is 8.66 Å². The Kier molecular flexibility index (Phi) is 5.51. The molecule has 6 heteroatoms. The van der Waals surface area contributed by atoms with Gasteiger partial charge in [-0.25, -0.2) is 8.78 Å². The van der Waals surface area contributed by atoms with E-state index in [9.17, 15) is 13.6 Å². The van der Waals surface area contributed by atoms with Crippen LogP contribution in [0.4, 0.5) is 8.78 Å². The molecule has 0 amide bonds. The smallest absolute Gasteiger partial charge is 0.261 e. The van der Waals surface area contributed by atoms with Crippen molar-refractivity contribution in [1.29, 1.82) is 0 Å². The number of ketones is 1. The van der Waals surface area contributed by atoms with Crippen molar-refractivity contribution >= 4 is 33.0 Å². The Morgan fingerprint density at radius 1 is 1.62 bits per heavy atom. The first kappa shape index (κ1) is 13.7. The molecular formula is C10H11BrF2O2S. The van der Waals surface area contributed by atoms with Gasteiger partial charge in [-0.3, -0.25) is 4.79 Å². The molecule has 1 aromatic rings. The van der Waals surface area contributed by atoms with Crippen LogP contribution in [0, 0.1) is 6.92 Å². The van der Waals surface area contributed by atoms with E-state index in [1.165, 1.54) is 11.3 Å². The molecule has 1 heterocycles. The predicted molar refractivity (Wildman–Crippen MR) is 62.5 cm³/mol. The standard InChI is InChI=1S/C10H11BrF2O2S/c1-6-7(4-9(11)16-6)8(14)2-3-15-5-10(12)13/h4,10H,2-3,5H2,1H3. The first-order valence-corrected chi connectivity index (χ1v) is 6.26. The topological polar surface area (TPSA) is 26.3 Å². The van der Waals surface area contributed by atoms with Crippen LogP contribution in [0.3, 0.4) is 0 Å². The van der Waals surface area contributed by atoms with Crippen LogP contribution in [0.2, 0.25) is 0 Å². The molecule has 0 N–H and O–H groups in total. The fraction of sp³-hybridized carbons (Fsp3) is 0.500. The lowest BCUT2D eigenvalue weighted by Gasteiger charge is -2.02. The molecule has 16 heavy (non-hydrogen) atoms. The van der Waals surface area contributed by atoms with E-state index in [1.807, 2.05) is 6.92 Å². The minimum Gasteiger partial charge on any atom is -0.375 e. The minimum atomic E-state index is -2.48. The summed E-state index contributed by atoms with van der Waals surface area (Å²) in [7, 11) is 0. The van der Waals surface area contributed by atoms with Crippen LogP contribution in [-0.4, -0.2) is 25.4 Å². The average Bonchev–Trinajstić information content (AvgIpc) is 2.52. The molecule has 0 atom stereocenters. The normalized spacial score (nSPS) is 11.1. The molecule has 0 unspecified atom stereocenters. The number of carbonyl (C=O) groups is 1. The number of aryl methyl sites for hydroxylation is 1. The quantitative estimate of drug-likeness (QED) is 0.592. The van der Waals surface area contributed by atoms with Crippen LogP contribution in [0.5, 0.6) is 0 Å². The summed E-state index contributed by atoms with van der Waals surface area (Å²) in [6.45, 7) is 1.28. The van der Waals surface area contributed by atoms with E-state index in [4.69, 9.17) is 0 Å². The summed E-state index contributed by atoms with van der Waals surface area (Å²) in [4.78, 5) is 12.6. The monoisotopic (exact) mass is 312 g/mol. The van der Waals surface area contributed by atoms with Gasteiger partial charge in [0.05, 0.1) is 10.4 Å². The predicted octanol–water partition coefficient (Wildman–Crippen LogP) is 3.67. The summed E-state index contributed by atoms with van der Waals surface area (Å²) in [6, 6.07) is 1.75. The van der Waals surface area contributed by atoms with Gasteiger partial charge in [0.15, 0.2) is 5.78 Å². The Morgan fingerprint density at radius 3 is 2.81 bits per heavy atom. The van der Waals surface area contributed by atoms with Gasteiger partial charge in [-0.2, -0.15) is 0 Å². The highest BCUT2D eigenvalue weighted by Crippen LogP contribution is 2.27.